The third-order valence-corrected chi connectivity index (χ3v) is 3.24. The van der Waals surface area contributed by atoms with Gasteiger partial charge in [0.25, 0.3) is 0 Å². The molecule has 0 saturated carbocycles. The first-order chi connectivity index (χ1) is 9.25. The van der Waals surface area contributed by atoms with Crippen LogP contribution in [-0.4, -0.2) is 4.98 Å². The highest BCUT2D eigenvalue weighted by atomic mass is 35.5. The van der Waals surface area contributed by atoms with E-state index in [0.29, 0.717) is 16.7 Å². The molecule has 0 aliphatic rings. The Labute approximate surface area is 124 Å². The fourth-order valence-corrected chi connectivity index (χ4v) is 2.10. The smallest absolute Gasteiger partial charge is 0.222 e. The molecule has 1 aromatic carbocycles. The summed E-state index contributed by atoms with van der Waals surface area (Å²) in [6.07, 6.45) is 0. The van der Waals surface area contributed by atoms with Crippen LogP contribution >= 0.6 is 11.6 Å². The minimum absolute atomic E-state index is 0.113. The monoisotopic (exact) mass is 290 g/mol. The molecule has 106 valence electrons. The van der Waals surface area contributed by atoms with E-state index >= 15 is 0 Å². The molecule has 0 radical (unpaired) electrons. The summed E-state index contributed by atoms with van der Waals surface area (Å²) in [7, 11) is 0. The summed E-state index contributed by atoms with van der Waals surface area (Å²) in [5.74, 6) is 1.16. The summed E-state index contributed by atoms with van der Waals surface area (Å²) in [6.45, 7) is 8.56. The minimum atomic E-state index is 0.113. The zero-order valence-electron chi connectivity index (χ0n) is 12.2. The van der Waals surface area contributed by atoms with Gasteiger partial charge in [-0.05, 0) is 35.6 Å². The number of aryl methyl sites for hydroxylation is 1. The highest BCUT2D eigenvalue weighted by Gasteiger charge is 2.15. The molecule has 3 nitrogen and oxygen atoms in total. The molecule has 0 amide bonds. The summed E-state index contributed by atoms with van der Waals surface area (Å²) in [6, 6.07) is 9.39. The van der Waals surface area contributed by atoms with Crippen LogP contribution in [0.15, 0.2) is 30.3 Å². The number of halogens is 1. The maximum absolute atomic E-state index is 5.87. The molecule has 0 aliphatic carbocycles. The molecule has 2 aromatic rings. The predicted molar refractivity (Wildman–Crippen MR) is 83.6 cm³/mol. The Morgan fingerprint density at radius 2 is 1.85 bits per heavy atom. The molecule has 1 aromatic heterocycles. The first-order valence-corrected chi connectivity index (χ1v) is 6.85. The Hall–Kier alpha value is -1.74. The van der Waals surface area contributed by atoms with Crippen molar-refractivity contribution in [1.29, 1.82) is 0 Å². The van der Waals surface area contributed by atoms with Crippen LogP contribution in [-0.2, 0) is 5.41 Å². The lowest BCUT2D eigenvalue weighted by Crippen LogP contribution is -2.11. The second kappa shape index (κ2) is 5.33. The lowest BCUT2D eigenvalue weighted by molar-refractivity contribution is 0.459. The Bertz CT molecular complexity index is 613. The van der Waals surface area contributed by atoms with Gasteiger partial charge >= 0.3 is 0 Å². The van der Waals surface area contributed by atoms with Gasteiger partial charge in [-0.1, -0.05) is 44.5 Å². The van der Waals surface area contributed by atoms with Gasteiger partial charge in [-0.3, -0.25) is 0 Å². The number of aromatic nitrogens is 1. The average Bonchev–Trinajstić information content (AvgIpc) is 2.29. The minimum Gasteiger partial charge on any atom is -0.439 e. The van der Waals surface area contributed by atoms with Crippen molar-refractivity contribution in [2.24, 2.45) is 0 Å². The van der Waals surface area contributed by atoms with E-state index in [0.717, 1.165) is 11.3 Å². The van der Waals surface area contributed by atoms with Crippen molar-refractivity contribution in [3.63, 3.8) is 0 Å². The number of hydrogen-bond acceptors (Lipinski definition) is 3. The molecule has 4 heteroatoms. The summed E-state index contributed by atoms with van der Waals surface area (Å²) >= 11 is 5.87. The van der Waals surface area contributed by atoms with Crippen molar-refractivity contribution in [3.05, 3.63) is 46.6 Å². The number of nitrogen functional groups attached to an aromatic ring is 1. The molecule has 2 N–H and O–H groups in total. The molecule has 0 saturated heterocycles. The topological polar surface area (TPSA) is 48.1 Å². The first-order valence-electron chi connectivity index (χ1n) is 6.48. The summed E-state index contributed by atoms with van der Waals surface area (Å²) in [5.41, 5.74) is 8.69. The highest BCUT2D eigenvalue weighted by Crippen LogP contribution is 2.30. The Kier molecular flexibility index (Phi) is 3.91. The zero-order valence-corrected chi connectivity index (χ0v) is 13.0. The SMILES string of the molecule is Cc1cc(C(C)(C)C)ccc1Oc1cc(N)cc(Cl)n1. The fraction of sp³-hybridized carbons (Fsp3) is 0.312. The molecule has 20 heavy (non-hydrogen) atoms. The standard InChI is InChI=1S/C16H19ClN2O/c1-10-7-11(16(2,3)4)5-6-13(10)20-15-9-12(18)8-14(17)19-15/h5-9H,1-4H3,(H2,18,19). The van der Waals surface area contributed by atoms with Crippen molar-refractivity contribution < 1.29 is 4.74 Å². The van der Waals surface area contributed by atoms with Crippen molar-refractivity contribution in [2.45, 2.75) is 33.1 Å². The molecular weight excluding hydrogens is 272 g/mol. The van der Waals surface area contributed by atoms with Crippen LogP contribution in [0.25, 0.3) is 0 Å². The normalized spacial score (nSPS) is 11.4. The van der Waals surface area contributed by atoms with Crippen molar-refractivity contribution in [3.8, 4) is 11.6 Å². The molecule has 0 atom stereocenters. The van der Waals surface area contributed by atoms with Crippen LogP contribution in [0, 0.1) is 6.92 Å². The lowest BCUT2D eigenvalue weighted by atomic mass is 9.86. The van der Waals surface area contributed by atoms with Crippen molar-refractivity contribution >= 4 is 17.3 Å². The first kappa shape index (κ1) is 14.7. The van der Waals surface area contributed by atoms with Gasteiger partial charge in [-0.25, -0.2) is 4.98 Å². The van der Waals surface area contributed by atoms with E-state index in [9.17, 15) is 0 Å². The zero-order chi connectivity index (χ0) is 14.9. The van der Waals surface area contributed by atoms with E-state index in [1.54, 1.807) is 12.1 Å². The van der Waals surface area contributed by atoms with Crippen molar-refractivity contribution in [1.82, 2.24) is 4.98 Å². The van der Waals surface area contributed by atoms with Crippen molar-refractivity contribution in [2.75, 3.05) is 5.73 Å². The Morgan fingerprint density at radius 1 is 1.15 bits per heavy atom. The van der Waals surface area contributed by atoms with Crippen LogP contribution in [0.3, 0.4) is 0 Å². The predicted octanol–water partition coefficient (Wildman–Crippen LogP) is 4.72. The number of anilines is 1. The van der Waals surface area contributed by atoms with Crippen LogP contribution in [0.2, 0.25) is 5.15 Å². The number of ether oxygens (including phenoxy) is 1. The molecule has 1 heterocycles. The number of hydrogen-bond donors (Lipinski definition) is 1. The second-order valence-electron chi connectivity index (χ2n) is 5.89. The van der Waals surface area contributed by atoms with Crippen LogP contribution in [0.4, 0.5) is 5.69 Å². The van der Waals surface area contributed by atoms with E-state index in [2.05, 4.69) is 37.9 Å². The number of rotatable bonds is 2. The van der Waals surface area contributed by atoms with E-state index in [4.69, 9.17) is 22.1 Å². The fourth-order valence-electron chi connectivity index (χ4n) is 1.89. The average molecular weight is 291 g/mol. The lowest BCUT2D eigenvalue weighted by Gasteiger charge is -2.20. The molecule has 0 aliphatic heterocycles. The van der Waals surface area contributed by atoms with Crippen LogP contribution < -0.4 is 10.5 Å². The summed E-state index contributed by atoms with van der Waals surface area (Å²) in [5, 5.41) is 0.323. The Morgan fingerprint density at radius 3 is 2.40 bits per heavy atom. The third kappa shape index (κ3) is 3.42. The van der Waals surface area contributed by atoms with E-state index in [1.807, 2.05) is 13.0 Å². The number of benzene rings is 1. The molecular formula is C16H19ClN2O. The van der Waals surface area contributed by atoms with E-state index < -0.39 is 0 Å². The maximum Gasteiger partial charge on any atom is 0.222 e. The maximum atomic E-state index is 5.87. The molecule has 2 rings (SSSR count). The van der Waals surface area contributed by atoms with Gasteiger partial charge in [0.2, 0.25) is 5.88 Å². The van der Waals surface area contributed by atoms with E-state index in [1.165, 1.54) is 5.56 Å². The molecule has 0 spiro atoms. The Balaban J connectivity index is 2.30. The van der Waals surface area contributed by atoms with Gasteiger partial charge in [0, 0.05) is 11.8 Å². The van der Waals surface area contributed by atoms with Gasteiger partial charge in [0.15, 0.2) is 0 Å². The molecule has 0 fully saturated rings. The summed E-state index contributed by atoms with van der Waals surface area (Å²) in [4.78, 5) is 4.10. The van der Waals surface area contributed by atoms with Crippen LogP contribution in [0.1, 0.15) is 31.9 Å². The largest absolute Gasteiger partial charge is 0.439 e. The van der Waals surface area contributed by atoms with Gasteiger partial charge in [-0.15, -0.1) is 0 Å². The summed E-state index contributed by atoms with van der Waals surface area (Å²) < 4.78 is 5.76. The molecule has 0 bridgehead atoms. The van der Waals surface area contributed by atoms with Gasteiger partial charge in [0.05, 0.1) is 0 Å². The van der Waals surface area contributed by atoms with Gasteiger partial charge < -0.3 is 10.5 Å². The van der Waals surface area contributed by atoms with Gasteiger partial charge in [0.1, 0.15) is 10.9 Å². The van der Waals surface area contributed by atoms with Crippen LogP contribution in [0.5, 0.6) is 11.6 Å². The second-order valence-corrected chi connectivity index (χ2v) is 6.28. The third-order valence-electron chi connectivity index (χ3n) is 3.05. The highest BCUT2D eigenvalue weighted by molar-refractivity contribution is 6.29. The van der Waals surface area contributed by atoms with E-state index in [-0.39, 0.29) is 5.41 Å². The van der Waals surface area contributed by atoms with Gasteiger partial charge in [-0.2, -0.15) is 0 Å². The molecule has 0 unspecified atom stereocenters. The quantitative estimate of drug-likeness (QED) is 0.814. The number of nitrogens with zero attached hydrogens (tertiary/aromatic N) is 1. The number of pyridine rings is 1. The number of nitrogens with two attached hydrogens (primary N) is 1.